The molecule has 1 fully saturated rings. The molecule has 0 spiro atoms. The molecule has 0 radical (unpaired) electrons. The third-order valence-corrected chi connectivity index (χ3v) is 5.46. The zero-order valence-corrected chi connectivity index (χ0v) is 16.2. The molecule has 0 N–H and O–H groups in total. The summed E-state index contributed by atoms with van der Waals surface area (Å²) >= 11 is 0. The van der Waals surface area contributed by atoms with E-state index in [9.17, 15) is 0 Å². The van der Waals surface area contributed by atoms with Gasteiger partial charge < -0.3 is 0 Å². The van der Waals surface area contributed by atoms with Gasteiger partial charge in [-0.3, -0.25) is 14.8 Å². The molecule has 0 aliphatic carbocycles. The fraction of sp³-hybridized carbons (Fsp3) is 0.240. The van der Waals surface area contributed by atoms with Gasteiger partial charge in [-0.2, -0.15) is 0 Å². The second-order valence-corrected chi connectivity index (χ2v) is 7.28. The van der Waals surface area contributed by atoms with E-state index in [-0.39, 0.29) is 6.04 Å². The van der Waals surface area contributed by atoms with Gasteiger partial charge in [0.15, 0.2) is 0 Å². The zero-order chi connectivity index (χ0) is 19.2. The largest absolute Gasteiger partial charge is 0.297 e. The monoisotopic (exact) mass is 369 g/mol. The Labute approximate surface area is 168 Å². The van der Waals surface area contributed by atoms with E-state index in [1.165, 1.54) is 11.1 Å². The Kier molecular flexibility index (Phi) is 5.95. The molecule has 1 unspecified atom stereocenters. The van der Waals surface area contributed by atoms with Crippen molar-refractivity contribution in [2.75, 3.05) is 32.7 Å². The lowest BCUT2D eigenvalue weighted by Crippen LogP contribution is -2.47. The van der Waals surface area contributed by atoms with Crippen LogP contribution >= 0.6 is 0 Å². The summed E-state index contributed by atoms with van der Waals surface area (Å²) < 4.78 is 0. The van der Waals surface area contributed by atoms with Gasteiger partial charge in [0.25, 0.3) is 0 Å². The van der Waals surface area contributed by atoms with Crippen molar-refractivity contribution in [2.24, 2.45) is 0 Å². The molecule has 1 atom stereocenters. The van der Waals surface area contributed by atoms with E-state index >= 15 is 0 Å². The van der Waals surface area contributed by atoms with Crippen molar-refractivity contribution in [1.29, 1.82) is 0 Å². The fourth-order valence-corrected chi connectivity index (χ4v) is 4.01. The number of pyridine rings is 1. The van der Waals surface area contributed by atoms with E-state index in [1.807, 2.05) is 24.4 Å². The highest BCUT2D eigenvalue weighted by atomic mass is 15.3. The minimum atomic E-state index is 0.282. The van der Waals surface area contributed by atoms with Gasteiger partial charge >= 0.3 is 0 Å². The van der Waals surface area contributed by atoms with Crippen molar-refractivity contribution < 1.29 is 0 Å². The highest BCUT2D eigenvalue weighted by Crippen LogP contribution is 2.31. The van der Waals surface area contributed by atoms with Crippen molar-refractivity contribution in [3.8, 4) is 11.3 Å². The Balaban J connectivity index is 1.60. The first kappa shape index (κ1) is 18.6. The lowest BCUT2D eigenvalue weighted by Gasteiger charge is -2.39. The minimum absolute atomic E-state index is 0.282. The maximum atomic E-state index is 4.47. The molecule has 0 saturated carbocycles. The average molecular weight is 370 g/mol. The lowest BCUT2D eigenvalue weighted by molar-refractivity contribution is 0.118. The summed E-state index contributed by atoms with van der Waals surface area (Å²) in [5.41, 5.74) is 4.86. The molecule has 1 aromatic heterocycles. The maximum Gasteiger partial charge on any atom is 0.0701 e. The molecule has 3 heteroatoms. The molecule has 4 rings (SSSR count). The molecule has 0 amide bonds. The van der Waals surface area contributed by atoms with Crippen LogP contribution in [0.4, 0.5) is 0 Å². The molecular formula is C25H27N3. The van der Waals surface area contributed by atoms with Crippen LogP contribution in [-0.2, 0) is 0 Å². The molecule has 3 nitrogen and oxygen atoms in total. The topological polar surface area (TPSA) is 19.4 Å². The summed E-state index contributed by atoms with van der Waals surface area (Å²) in [6.07, 6.45) is 3.85. The van der Waals surface area contributed by atoms with Crippen LogP contribution in [0.3, 0.4) is 0 Å². The molecule has 142 valence electrons. The lowest BCUT2D eigenvalue weighted by atomic mass is 9.95. The second kappa shape index (κ2) is 8.96. The van der Waals surface area contributed by atoms with Crippen LogP contribution in [0.5, 0.6) is 0 Å². The van der Waals surface area contributed by atoms with Crippen LogP contribution in [0.2, 0.25) is 0 Å². The van der Waals surface area contributed by atoms with E-state index in [1.54, 1.807) is 0 Å². The first-order valence-corrected chi connectivity index (χ1v) is 9.99. The van der Waals surface area contributed by atoms with Crippen LogP contribution in [-0.4, -0.2) is 47.5 Å². The number of nitrogens with zero attached hydrogens (tertiary/aromatic N) is 3. The Morgan fingerprint density at radius 2 is 1.50 bits per heavy atom. The van der Waals surface area contributed by atoms with E-state index in [0.29, 0.717) is 0 Å². The zero-order valence-electron chi connectivity index (χ0n) is 16.2. The SMILES string of the molecule is C=CCN1CCN(C(c2ccccc2)c2ccc(-c3ccccn3)cc2)CC1. The second-order valence-electron chi connectivity index (χ2n) is 7.28. The third-order valence-electron chi connectivity index (χ3n) is 5.46. The molecule has 2 aromatic carbocycles. The Morgan fingerprint density at radius 1 is 0.821 bits per heavy atom. The molecule has 3 aromatic rings. The van der Waals surface area contributed by atoms with Gasteiger partial charge in [-0.1, -0.05) is 66.7 Å². The quantitative estimate of drug-likeness (QED) is 0.590. The normalized spacial score (nSPS) is 16.6. The van der Waals surface area contributed by atoms with Crippen LogP contribution in [0.15, 0.2) is 91.6 Å². The molecule has 1 aliphatic heterocycles. The van der Waals surface area contributed by atoms with Gasteiger partial charge in [-0.15, -0.1) is 6.58 Å². The van der Waals surface area contributed by atoms with Crippen molar-refractivity contribution in [3.05, 3.63) is 103 Å². The van der Waals surface area contributed by atoms with Gasteiger partial charge in [-0.25, -0.2) is 0 Å². The standard InChI is InChI=1S/C25H27N3/c1-2-16-27-17-19-28(20-18-27)25(22-8-4-3-5-9-22)23-13-11-21(12-14-23)24-10-6-7-15-26-24/h2-15,25H,1,16-20H2. The first-order valence-electron chi connectivity index (χ1n) is 9.99. The average Bonchev–Trinajstić information content (AvgIpc) is 2.77. The predicted molar refractivity (Wildman–Crippen MR) is 116 cm³/mol. The number of hydrogen-bond acceptors (Lipinski definition) is 3. The number of piperazine rings is 1. The van der Waals surface area contributed by atoms with Gasteiger partial charge in [0.1, 0.15) is 0 Å². The number of rotatable bonds is 6. The van der Waals surface area contributed by atoms with Crippen molar-refractivity contribution in [3.63, 3.8) is 0 Å². The molecule has 1 aliphatic rings. The summed E-state index contributed by atoms with van der Waals surface area (Å²) in [6.45, 7) is 9.15. The van der Waals surface area contributed by atoms with E-state index < -0.39 is 0 Å². The fourth-order valence-electron chi connectivity index (χ4n) is 4.01. The predicted octanol–water partition coefficient (Wildman–Crippen LogP) is 4.64. The van der Waals surface area contributed by atoms with E-state index in [4.69, 9.17) is 0 Å². The first-order chi connectivity index (χ1) is 13.8. The summed E-state index contributed by atoms with van der Waals surface area (Å²) in [7, 11) is 0. The minimum Gasteiger partial charge on any atom is -0.297 e. The molecule has 28 heavy (non-hydrogen) atoms. The van der Waals surface area contributed by atoms with Gasteiger partial charge in [0.05, 0.1) is 11.7 Å². The van der Waals surface area contributed by atoms with Crippen molar-refractivity contribution in [1.82, 2.24) is 14.8 Å². The van der Waals surface area contributed by atoms with Crippen LogP contribution in [0, 0.1) is 0 Å². The van der Waals surface area contributed by atoms with Crippen LogP contribution in [0.1, 0.15) is 17.2 Å². The molecular weight excluding hydrogens is 342 g/mol. The molecule has 1 saturated heterocycles. The Morgan fingerprint density at radius 3 is 2.14 bits per heavy atom. The summed E-state index contributed by atoms with van der Waals surface area (Å²) in [5.74, 6) is 0. The van der Waals surface area contributed by atoms with Crippen molar-refractivity contribution >= 4 is 0 Å². The maximum absolute atomic E-state index is 4.47. The van der Waals surface area contributed by atoms with Crippen LogP contribution in [0.25, 0.3) is 11.3 Å². The summed E-state index contributed by atoms with van der Waals surface area (Å²) in [4.78, 5) is 9.54. The Hall–Kier alpha value is -2.75. The highest BCUT2D eigenvalue weighted by Gasteiger charge is 2.26. The summed E-state index contributed by atoms with van der Waals surface area (Å²) in [5, 5.41) is 0. The summed E-state index contributed by atoms with van der Waals surface area (Å²) in [6, 6.07) is 26.1. The number of aromatic nitrogens is 1. The van der Waals surface area contributed by atoms with Gasteiger partial charge in [-0.05, 0) is 23.3 Å². The van der Waals surface area contributed by atoms with Gasteiger partial charge in [0, 0.05) is 44.5 Å². The van der Waals surface area contributed by atoms with Crippen molar-refractivity contribution in [2.45, 2.75) is 6.04 Å². The third kappa shape index (κ3) is 4.22. The highest BCUT2D eigenvalue weighted by molar-refractivity contribution is 5.59. The number of hydrogen-bond donors (Lipinski definition) is 0. The van der Waals surface area contributed by atoms with E-state index in [2.05, 4.69) is 82.0 Å². The smallest absolute Gasteiger partial charge is 0.0701 e. The molecule has 0 bridgehead atoms. The van der Waals surface area contributed by atoms with Crippen LogP contribution < -0.4 is 0 Å². The number of benzene rings is 2. The van der Waals surface area contributed by atoms with Gasteiger partial charge in [0.2, 0.25) is 0 Å². The Bertz CT molecular complexity index is 867. The van der Waals surface area contributed by atoms with E-state index in [0.717, 1.165) is 44.0 Å². The molecule has 2 heterocycles.